The minimum atomic E-state index is -0.627. The number of benzene rings is 1. The van der Waals surface area contributed by atoms with Crippen LogP contribution >= 0.6 is 23.2 Å². The largest absolute Gasteiger partial charge is 0.479 e. The Bertz CT molecular complexity index is 493. The van der Waals surface area contributed by atoms with Crippen molar-refractivity contribution in [1.82, 2.24) is 10.6 Å². The second-order valence-corrected chi connectivity index (χ2v) is 6.15. The number of nitrogens with one attached hydrogen (secondary N) is 2. The van der Waals surface area contributed by atoms with Crippen molar-refractivity contribution in [2.75, 3.05) is 13.6 Å². The molecule has 4 nitrogen and oxygen atoms in total. The summed E-state index contributed by atoms with van der Waals surface area (Å²) in [5.41, 5.74) is 0.818. The topological polar surface area (TPSA) is 50.4 Å². The van der Waals surface area contributed by atoms with Crippen LogP contribution in [0.5, 0.6) is 5.75 Å². The van der Waals surface area contributed by atoms with Crippen molar-refractivity contribution in [3.8, 4) is 5.75 Å². The number of hydrogen-bond acceptors (Lipinski definition) is 3. The van der Waals surface area contributed by atoms with Crippen LogP contribution in [0.2, 0.25) is 10.0 Å². The minimum Gasteiger partial charge on any atom is -0.479 e. The SMILES string of the molecule is CNCc1cc(Cl)cc(Cl)c1OC(C)C(=O)NCC(C)C. The van der Waals surface area contributed by atoms with E-state index in [4.69, 9.17) is 27.9 Å². The smallest absolute Gasteiger partial charge is 0.260 e. The van der Waals surface area contributed by atoms with Gasteiger partial charge in [-0.05, 0) is 32.0 Å². The molecular formula is C15H22Cl2N2O2. The van der Waals surface area contributed by atoms with Crippen molar-refractivity contribution in [1.29, 1.82) is 0 Å². The molecule has 0 aliphatic rings. The van der Waals surface area contributed by atoms with E-state index in [0.717, 1.165) is 5.56 Å². The average molecular weight is 333 g/mol. The van der Waals surface area contributed by atoms with Crippen LogP contribution in [0.25, 0.3) is 0 Å². The molecule has 0 heterocycles. The normalized spacial score (nSPS) is 12.3. The van der Waals surface area contributed by atoms with Crippen molar-refractivity contribution in [2.45, 2.75) is 33.4 Å². The van der Waals surface area contributed by atoms with E-state index in [-0.39, 0.29) is 5.91 Å². The number of rotatable bonds is 7. The summed E-state index contributed by atoms with van der Waals surface area (Å²) < 4.78 is 5.74. The molecule has 1 atom stereocenters. The highest BCUT2D eigenvalue weighted by molar-refractivity contribution is 6.35. The number of halogens is 2. The molecule has 0 saturated heterocycles. The number of hydrogen-bond donors (Lipinski definition) is 2. The Hall–Kier alpha value is -0.970. The molecule has 118 valence electrons. The van der Waals surface area contributed by atoms with Crippen LogP contribution in [-0.2, 0) is 11.3 Å². The Kier molecular flexibility index (Phi) is 7.29. The molecule has 21 heavy (non-hydrogen) atoms. The first-order chi connectivity index (χ1) is 9.85. The zero-order chi connectivity index (χ0) is 16.0. The Balaban J connectivity index is 2.83. The van der Waals surface area contributed by atoms with Gasteiger partial charge in [-0.1, -0.05) is 37.0 Å². The quantitative estimate of drug-likeness (QED) is 0.805. The lowest BCUT2D eigenvalue weighted by molar-refractivity contribution is -0.127. The molecule has 1 unspecified atom stereocenters. The van der Waals surface area contributed by atoms with Crippen molar-refractivity contribution in [3.63, 3.8) is 0 Å². The molecule has 1 rings (SSSR count). The van der Waals surface area contributed by atoms with Gasteiger partial charge in [-0.25, -0.2) is 0 Å². The molecule has 0 aliphatic heterocycles. The molecule has 0 aliphatic carbocycles. The summed E-state index contributed by atoms with van der Waals surface area (Å²) in [7, 11) is 1.82. The molecule has 0 aromatic heterocycles. The molecule has 6 heteroatoms. The Labute approximate surface area is 136 Å². The first-order valence-corrected chi connectivity index (χ1v) is 7.67. The van der Waals surface area contributed by atoms with E-state index < -0.39 is 6.10 Å². The lowest BCUT2D eigenvalue weighted by Gasteiger charge is -2.19. The van der Waals surface area contributed by atoms with Crippen molar-refractivity contribution < 1.29 is 9.53 Å². The van der Waals surface area contributed by atoms with E-state index in [1.54, 1.807) is 19.1 Å². The Morgan fingerprint density at radius 1 is 1.29 bits per heavy atom. The van der Waals surface area contributed by atoms with Gasteiger partial charge < -0.3 is 15.4 Å². The van der Waals surface area contributed by atoms with E-state index in [0.29, 0.717) is 34.8 Å². The van der Waals surface area contributed by atoms with Crippen LogP contribution in [0.1, 0.15) is 26.3 Å². The van der Waals surface area contributed by atoms with Crippen LogP contribution in [0.4, 0.5) is 0 Å². The molecule has 0 fully saturated rings. The summed E-state index contributed by atoms with van der Waals surface area (Å²) in [5, 5.41) is 6.80. The second-order valence-electron chi connectivity index (χ2n) is 5.31. The fourth-order valence-electron chi connectivity index (χ4n) is 1.75. The van der Waals surface area contributed by atoms with Gasteiger partial charge in [-0.2, -0.15) is 0 Å². The fraction of sp³-hybridized carbons (Fsp3) is 0.533. The number of amides is 1. The third-order valence-corrected chi connectivity index (χ3v) is 3.30. The summed E-state index contributed by atoms with van der Waals surface area (Å²) in [6, 6.07) is 3.38. The standard InChI is InChI=1S/C15H22Cl2N2O2/c1-9(2)7-19-15(20)10(3)21-14-11(8-18-4)5-12(16)6-13(14)17/h5-6,9-10,18H,7-8H2,1-4H3,(H,19,20). The fourth-order valence-corrected chi connectivity index (χ4v) is 2.33. The van der Waals surface area contributed by atoms with E-state index in [2.05, 4.69) is 10.6 Å². The monoisotopic (exact) mass is 332 g/mol. The second kappa shape index (κ2) is 8.47. The summed E-state index contributed by atoms with van der Waals surface area (Å²) in [4.78, 5) is 12.0. The third kappa shape index (κ3) is 5.73. The van der Waals surface area contributed by atoms with Crippen LogP contribution in [0.3, 0.4) is 0 Å². The molecule has 0 saturated carbocycles. The van der Waals surface area contributed by atoms with Gasteiger partial charge in [0.2, 0.25) is 0 Å². The molecular weight excluding hydrogens is 311 g/mol. The Morgan fingerprint density at radius 3 is 2.52 bits per heavy atom. The Morgan fingerprint density at radius 2 is 1.95 bits per heavy atom. The van der Waals surface area contributed by atoms with Gasteiger partial charge >= 0.3 is 0 Å². The van der Waals surface area contributed by atoms with Crippen LogP contribution in [-0.4, -0.2) is 25.6 Å². The van der Waals surface area contributed by atoms with Crippen LogP contribution < -0.4 is 15.4 Å². The number of carbonyl (C=O) groups excluding carboxylic acids is 1. The summed E-state index contributed by atoms with van der Waals surface area (Å²) >= 11 is 12.2. The minimum absolute atomic E-state index is 0.162. The summed E-state index contributed by atoms with van der Waals surface area (Å²) in [5.74, 6) is 0.716. The van der Waals surface area contributed by atoms with Crippen molar-refractivity contribution in [2.24, 2.45) is 5.92 Å². The number of ether oxygens (including phenoxy) is 1. The third-order valence-electron chi connectivity index (χ3n) is 2.80. The van der Waals surface area contributed by atoms with Gasteiger partial charge in [0.05, 0.1) is 5.02 Å². The van der Waals surface area contributed by atoms with Gasteiger partial charge in [-0.15, -0.1) is 0 Å². The maximum atomic E-state index is 12.0. The molecule has 0 bridgehead atoms. The van der Waals surface area contributed by atoms with E-state index in [1.807, 2.05) is 20.9 Å². The molecule has 2 N–H and O–H groups in total. The van der Waals surface area contributed by atoms with Gasteiger partial charge in [0.1, 0.15) is 5.75 Å². The molecule has 1 aromatic rings. The molecule has 0 radical (unpaired) electrons. The molecule has 1 aromatic carbocycles. The molecule has 0 spiro atoms. The molecule has 1 amide bonds. The van der Waals surface area contributed by atoms with Gasteiger partial charge in [0.25, 0.3) is 5.91 Å². The van der Waals surface area contributed by atoms with Crippen molar-refractivity contribution >= 4 is 29.1 Å². The van der Waals surface area contributed by atoms with Crippen LogP contribution in [0, 0.1) is 5.92 Å². The highest BCUT2D eigenvalue weighted by Crippen LogP contribution is 2.33. The van der Waals surface area contributed by atoms with Crippen molar-refractivity contribution in [3.05, 3.63) is 27.7 Å². The average Bonchev–Trinajstić information content (AvgIpc) is 2.39. The maximum absolute atomic E-state index is 12.0. The van der Waals surface area contributed by atoms with Gasteiger partial charge in [0.15, 0.2) is 6.10 Å². The lowest BCUT2D eigenvalue weighted by atomic mass is 10.2. The highest BCUT2D eigenvalue weighted by Gasteiger charge is 2.19. The van der Waals surface area contributed by atoms with Gasteiger partial charge in [-0.3, -0.25) is 4.79 Å². The lowest BCUT2D eigenvalue weighted by Crippen LogP contribution is -2.38. The predicted molar refractivity (Wildman–Crippen MR) is 87.2 cm³/mol. The zero-order valence-electron chi connectivity index (χ0n) is 12.8. The van der Waals surface area contributed by atoms with E-state index in [9.17, 15) is 4.79 Å². The van der Waals surface area contributed by atoms with E-state index >= 15 is 0 Å². The summed E-state index contributed by atoms with van der Waals surface area (Å²) in [6.07, 6.45) is -0.627. The number of carbonyl (C=O) groups is 1. The summed E-state index contributed by atoms with van der Waals surface area (Å²) in [6.45, 7) is 6.93. The predicted octanol–water partition coefficient (Wildman–Crippen LogP) is 3.25. The maximum Gasteiger partial charge on any atom is 0.260 e. The zero-order valence-corrected chi connectivity index (χ0v) is 14.3. The first kappa shape index (κ1) is 18.1. The highest BCUT2D eigenvalue weighted by atomic mass is 35.5. The first-order valence-electron chi connectivity index (χ1n) is 6.92. The van der Waals surface area contributed by atoms with Crippen LogP contribution in [0.15, 0.2) is 12.1 Å². The van der Waals surface area contributed by atoms with Gasteiger partial charge in [0, 0.05) is 23.7 Å². The van der Waals surface area contributed by atoms with E-state index in [1.165, 1.54) is 0 Å².